The molecule has 1 aromatic heterocycles. The monoisotopic (exact) mass is 342 g/mol. The number of piperidine rings is 1. The van der Waals surface area contributed by atoms with E-state index in [0.717, 1.165) is 9.86 Å². The van der Waals surface area contributed by atoms with Gasteiger partial charge < -0.3 is 9.88 Å². The molecule has 0 spiro atoms. The highest BCUT2D eigenvalue weighted by atomic mass is 79.9. The number of halogens is 3. The molecule has 2 heterocycles. The Hall–Kier alpha value is -1.43. The van der Waals surface area contributed by atoms with E-state index in [1.807, 2.05) is 6.07 Å². The zero-order valence-electron chi connectivity index (χ0n) is 10.6. The summed E-state index contributed by atoms with van der Waals surface area (Å²) in [5, 5.41) is 0.875. The number of carbonyl (C=O) groups is 1. The molecule has 3 rings (SSSR count). The van der Waals surface area contributed by atoms with Gasteiger partial charge in [-0.3, -0.25) is 4.79 Å². The van der Waals surface area contributed by atoms with E-state index in [4.69, 9.17) is 0 Å². The fourth-order valence-electron chi connectivity index (χ4n) is 2.61. The van der Waals surface area contributed by atoms with Crippen molar-refractivity contribution in [2.24, 2.45) is 0 Å². The van der Waals surface area contributed by atoms with Crippen LogP contribution in [0.3, 0.4) is 0 Å². The number of carbonyl (C=O) groups excluding carboxylic acids is 1. The zero-order valence-corrected chi connectivity index (χ0v) is 12.2. The zero-order chi connectivity index (χ0) is 14.3. The summed E-state index contributed by atoms with van der Waals surface area (Å²) in [5.41, 5.74) is 1.11. The molecule has 1 fully saturated rings. The Morgan fingerprint density at radius 3 is 2.95 bits per heavy atom. The Balaban J connectivity index is 1.96. The molecule has 0 bridgehead atoms. The number of amides is 1. The average Bonchev–Trinajstić information content (AvgIpc) is 2.79. The molecule has 0 atom stereocenters. The standard InChI is InChI=1S/C14H13BrF2N2O/c15-11-7-18-12-9(11)3-1-4-10(12)13(20)19-6-2-5-14(16,17)8-19/h1,3-4,7,18H,2,5-6,8H2. The van der Waals surface area contributed by atoms with E-state index in [-0.39, 0.29) is 12.3 Å². The first kappa shape index (κ1) is 13.5. The quantitative estimate of drug-likeness (QED) is 0.840. The fraction of sp³-hybridized carbons (Fsp3) is 0.357. The molecule has 1 aromatic carbocycles. The van der Waals surface area contributed by atoms with Crippen molar-refractivity contribution in [3.05, 3.63) is 34.4 Å². The van der Waals surface area contributed by atoms with Crippen LogP contribution in [0.5, 0.6) is 0 Å². The van der Waals surface area contributed by atoms with Crippen LogP contribution in [-0.4, -0.2) is 34.8 Å². The Morgan fingerprint density at radius 2 is 2.20 bits per heavy atom. The Bertz CT molecular complexity index is 668. The molecule has 20 heavy (non-hydrogen) atoms. The van der Waals surface area contributed by atoms with Gasteiger partial charge in [-0.1, -0.05) is 12.1 Å². The highest BCUT2D eigenvalue weighted by Gasteiger charge is 2.37. The number of rotatable bonds is 1. The summed E-state index contributed by atoms with van der Waals surface area (Å²) in [6.45, 7) is -0.114. The van der Waals surface area contributed by atoms with Crippen LogP contribution in [0.1, 0.15) is 23.2 Å². The third-order valence-corrected chi connectivity index (χ3v) is 4.23. The van der Waals surface area contributed by atoms with Crippen LogP contribution in [0.2, 0.25) is 0 Å². The number of alkyl halides is 2. The van der Waals surface area contributed by atoms with Gasteiger partial charge in [-0.2, -0.15) is 0 Å². The third-order valence-electron chi connectivity index (χ3n) is 3.58. The van der Waals surface area contributed by atoms with Crippen molar-refractivity contribution < 1.29 is 13.6 Å². The summed E-state index contributed by atoms with van der Waals surface area (Å²) in [5.74, 6) is -3.12. The van der Waals surface area contributed by atoms with Gasteiger partial charge in [0.2, 0.25) is 0 Å². The van der Waals surface area contributed by atoms with Gasteiger partial charge in [-0.05, 0) is 28.4 Å². The van der Waals surface area contributed by atoms with Crippen LogP contribution in [0.4, 0.5) is 8.78 Å². The van der Waals surface area contributed by atoms with Crippen molar-refractivity contribution in [2.75, 3.05) is 13.1 Å². The largest absolute Gasteiger partial charge is 0.359 e. The number of aromatic amines is 1. The maximum Gasteiger partial charge on any atom is 0.265 e. The minimum Gasteiger partial charge on any atom is -0.359 e. The number of benzene rings is 1. The van der Waals surface area contributed by atoms with E-state index in [9.17, 15) is 13.6 Å². The number of nitrogens with one attached hydrogen (secondary N) is 1. The Kier molecular flexibility index (Phi) is 3.28. The molecule has 0 radical (unpaired) electrons. The first-order chi connectivity index (χ1) is 9.48. The van der Waals surface area contributed by atoms with Crippen LogP contribution < -0.4 is 0 Å². The van der Waals surface area contributed by atoms with Crippen molar-refractivity contribution >= 4 is 32.7 Å². The molecule has 0 aliphatic carbocycles. The number of aromatic nitrogens is 1. The second kappa shape index (κ2) is 4.84. The molecule has 0 unspecified atom stereocenters. The van der Waals surface area contributed by atoms with Crippen molar-refractivity contribution in [2.45, 2.75) is 18.8 Å². The van der Waals surface area contributed by atoms with Crippen molar-refractivity contribution in [1.82, 2.24) is 9.88 Å². The summed E-state index contributed by atoms with van der Waals surface area (Å²) in [4.78, 5) is 16.7. The molecule has 0 saturated carbocycles. The summed E-state index contributed by atoms with van der Waals surface area (Å²) in [6, 6.07) is 5.30. The topological polar surface area (TPSA) is 36.1 Å². The Morgan fingerprint density at radius 1 is 1.40 bits per heavy atom. The van der Waals surface area contributed by atoms with Crippen LogP contribution in [0.15, 0.2) is 28.9 Å². The van der Waals surface area contributed by atoms with Gasteiger partial charge >= 0.3 is 0 Å². The number of hydrogen-bond acceptors (Lipinski definition) is 1. The Labute approximate surface area is 123 Å². The lowest BCUT2D eigenvalue weighted by atomic mass is 10.0. The number of fused-ring (bicyclic) bond motifs is 1. The van der Waals surface area contributed by atoms with Crippen molar-refractivity contribution in [3.63, 3.8) is 0 Å². The smallest absolute Gasteiger partial charge is 0.265 e. The summed E-state index contributed by atoms with van der Waals surface area (Å²) >= 11 is 3.39. The number of likely N-dealkylation sites (tertiary alicyclic amines) is 1. The van der Waals surface area contributed by atoms with Crippen LogP contribution in [0, 0.1) is 0 Å². The van der Waals surface area contributed by atoms with Gasteiger partial charge in [0.1, 0.15) is 0 Å². The molecule has 1 saturated heterocycles. The predicted octanol–water partition coefficient (Wildman–Crippen LogP) is 3.80. The third kappa shape index (κ3) is 2.32. The van der Waals surface area contributed by atoms with Crippen LogP contribution >= 0.6 is 15.9 Å². The molecule has 1 amide bonds. The van der Waals surface area contributed by atoms with Crippen molar-refractivity contribution in [3.8, 4) is 0 Å². The van der Waals surface area contributed by atoms with Crippen LogP contribution in [0.25, 0.3) is 10.9 Å². The number of nitrogens with zero attached hydrogens (tertiary/aromatic N) is 1. The molecule has 1 N–H and O–H groups in total. The second-order valence-corrected chi connectivity index (χ2v) is 5.91. The van der Waals surface area contributed by atoms with E-state index in [2.05, 4.69) is 20.9 Å². The van der Waals surface area contributed by atoms with Gasteiger partial charge in [0.15, 0.2) is 0 Å². The first-order valence-electron chi connectivity index (χ1n) is 6.41. The highest BCUT2D eigenvalue weighted by molar-refractivity contribution is 9.10. The summed E-state index contributed by atoms with van der Waals surface area (Å²) in [7, 11) is 0. The van der Waals surface area contributed by atoms with E-state index < -0.39 is 12.5 Å². The minimum absolute atomic E-state index is 0.144. The number of hydrogen-bond donors (Lipinski definition) is 1. The molecule has 6 heteroatoms. The molecule has 106 valence electrons. The maximum absolute atomic E-state index is 13.4. The van der Waals surface area contributed by atoms with Crippen molar-refractivity contribution in [1.29, 1.82) is 0 Å². The number of para-hydroxylation sites is 1. The molecule has 1 aliphatic rings. The summed E-state index contributed by atoms with van der Waals surface area (Å²) < 4.78 is 27.7. The van der Waals surface area contributed by atoms with Crippen LogP contribution in [-0.2, 0) is 0 Å². The predicted molar refractivity (Wildman–Crippen MR) is 76.1 cm³/mol. The van der Waals surface area contributed by atoms with E-state index in [1.165, 1.54) is 4.90 Å². The van der Waals surface area contributed by atoms with Gasteiger partial charge in [0.25, 0.3) is 11.8 Å². The SMILES string of the molecule is O=C(c1cccc2c(Br)c[nH]c12)N1CCCC(F)(F)C1. The molecule has 3 nitrogen and oxygen atoms in total. The van der Waals surface area contributed by atoms with Gasteiger partial charge in [-0.25, -0.2) is 8.78 Å². The minimum atomic E-state index is -2.78. The lowest BCUT2D eigenvalue weighted by molar-refractivity contribution is -0.0560. The number of H-pyrrole nitrogens is 1. The summed E-state index contributed by atoms with van der Waals surface area (Å²) in [6.07, 6.45) is 1.93. The highest BCUT2D eigenvalue weighted by Crippen LogP contribution is 2.30. The van der Waals surface area contributed by atoms with Gasteiger partial charge in [0.05, 0.1) is 17.6 Å². The van der Waals surface area contributed by atoms with E-state index in [1.54, 1.807) is 18.3 Å². The maximum atomic E-state index is 13.4. The lowest BCUT2D eigenvalue weighted by Gasteiger charge is -2.32. The molecular formula is C14H13BrF2N2O. The molecule has 2 aromatic rings. The molecular weight excluding hydrogens is 330 g/mol. The molecule has 1 aliphatic heterocycles. The van der Waals surface area contributed by atoms with Gasteiger partial charge in [0, 0.05) is 29.0 Å². The van der Waals surface area contributed by atoms with E-state index >= 15 is 0 Å². The van der Waals surface area contributed by atoms with Gasteiger partial charge in [-0.15, -0.1) is 0 Å². The first-order valence-corrected chi connectivity index (χ1v) is 7.20. The van der Waals surface area contributed by atoms with E-state index in [0.29, 0.717) is 24.0 Å². The lowest BCUT2D eigenvalue weighted by Crippen LogP contribution is -2.45. The average molecular weight is 343 g/mol. The second-order valence-electron chi connectivity index (χ2n) is 5.05. The fourth-order valence-corrected chi connectivity index (χ4v) is 3.05. The normalized spacial score (nSPS) is 18.4.